The van der Waals surface area contributed by atoms with Gasteiger partial charge in [-0.05, 0) is 44.5 Å². The molecule has 1 aromatic heterocycles. The van der Waals surface area contributed by atoms with Gasteiger partial charge in [0.15, 0.2) is 0 Å². The topological polar surface area (TPSA) is 24.9 Å². The predicted octanol–water partition coefficient (Wildman–Crippen LogP) is 3.66. The molecule has 84 valence electrons. The molecule has 1 aliphatic rings. The maximum Gasteiger partial charge on any atom is 0.114 e. The van der Waals surface area contributed by atoms with Gasteiger partial charge in [0.25, 0.3) is 0 Å². The molecular weight excluding hydrogens is 284 g/mol. The van der Waals surface area contributed by atoms with E-state index in [4.69, 9.17) is 4.98 Å². The number of benzene rings is 1. The summed E-state index contributed by atoms with van der Waals surface area (Å²) in [7, 11) is 0. The molecular formula is C12H13BrN2S. The van der Waals surface area contributed by atoms with Crippen LogP contribution in [0.1, 0.15) is 24.8 Å². The lowest BCUT2D eigenvalue weighted by molar-refractivity contribution is 0.433. The molecule has 0 amide bonds. The van der Waals surface area contributed by atoms with Gasteiger partial charge < -0.3 is 5.32 Å². The van der Waals surface area contributed by atoms with Crippen LogP contribution < -0.4 is 5.32 Å². The number of hydrogen-bond donors (Lipinski definition) is 1. The predicted molar refractivity (Wildman–Crippen MR) is 71.9 cm³/mol. The SMILES string of the molecule is CC1(c2nc3cc(Br)ccc3s2)CCCN1. The molecule has 1 unspecified atom stereocenters. The van der Waals surface area contributed by atoms with Crippen molar-refractivity contribution in [2.75, 3.05) is 6.54 Å². The van der Waals surface area contributed by atoms with Crippen LogP contribution in [0.5, 0.6) is 0 Å². The molecule has 1 atom stereocenters. The van der Waals surface area contributed by atoms with Crippen LogP contribution in [0.15, 0.2) is 22.7 Å². The van der Waals surface area contributed by atoms with Gasteiger partial charge in [0.2, 0.25) is 0 Å². The van der Waals surface area contributed by atoms with Gasteiger partial charge in [0, 0.05) is 4.47 Å². The zero-order valence-corrected chi connectivity index (χ0v) is 11.5. The quantitative estimate of drug-likeness (QED) is 0.869. The van der Waals surface area contributed by atoms with Crippen LogP contribution in [-0.4, -0.2) is 11.5 Å². The van der Waals surface area contributed by atoms with Gasteiger partial charge in [-0.25, -0.2) is 4.98 Å². The maximum absolute atomic E-state index is 4.75. The number of hydrogen-bond acceptors (Lipinski definition) is 3. The standard InChI is InChI=1S/C12H13BrN2S/c1-12(5-2-6-14-12)11-15-9-7-8(13)3-4-10(9)16-11/h3-4,7,14H,2,5-6H2,1H3. The Morgan fingerprint density at radius 3 is 3.12 bits per heavy atom. The van der Waals surface area contributed by atoms with Crippen LogP contribution in [-0.2, 0) is 5.54 Å². The fraction of sp³-hybridized carbons (Fsp3) is 0.417. The van der Waals surface area contributed by atoms with Crippen molar-refractivity contribution in [3.8, 4) is 0 Å². The summed E-state index contributed by atoms with van der Waals surface area (Å²) in [5.41, 5.74) is 1.19. The van der Waals surface area contributed by atoms with Gasteiger partial charge in [-0.15, -0.1) is 11.3 Å². The van der Waals surface area contributed by atoms with E-state index in [9.17, 15) is 0 Å². The number of thiazole rings is 1. The first-order valence-electron chi connectivity index (χ1n) is 5.49. The molecule has 2 aromatic rings. The Hall–Kier alpha value is -0.450. The summed E-state index contributed by atoms with van der Waals surface area (Å²) >= 11 is 5.30. The third-order valence-electron chi connectivity index (χ3n) is 3.19. The van der Waals surface area contributed by atoms with Crippen LogP contribution in [0, 0.1) is 0 Å². The number of nitrogens with one attached hydrogen (secondary N) is 1. The minimum Gasteiger partial charge on any atom is -0.306 e. The van der Waals surface area contributed by atoms with Gasteiger partial charge in [0.1, 0.15) is 5.01 Å². The van der Waals surface area contributed by atoms with E-state index in [1.165, 1.54) is 22.5 Å². The van der Waals surface area contributed by atoms with E-state index in [1.807, 2.05) is 11.3 Å². The van der Waals surface area contributed by atoms with Crippen molar-refractivity contribution < 1.29 is 0 Å². The fourth-order valence-corrected chi connectivity index (χ4v) is 3.66. The Balaban J connectivity index is 2.11. The Bertz CT molecular complexity index is 529. The van der Waals surface area contributed by atoms with Crippen molar-refractivity contribution in [1.29, 1.82) is 0 Å². The summed E-state index contributed by atoms with van der Waals surface area (Å²) in [6, 6.07) is 6.31. The third-order valence-corrected chi connectivity index (χ3v) is 4.98. The molecule has 4 heteroatoms. The van der Waals surface area contributed by atoms with E-state index in [1.54, 1.807) is 0 Å². The van der Waals surface area contributed by atoms with Gasteiger partial charge in [-0.2, -0.15) is 0 Å². The lowest BCUT2D eigenvalue weighted by atomic mass is 10.0. The fourth-order valence-electron chi connectivity index (χ4n) is 2.21. The summed E-state index contributed by atoms with van der Waals surface area (Å²) < 4.78 is 2.37. The average Bonchev–Trinajstić information content (AvgIpc) is 2.84. The Morgan fingerprint density at radius 1 is 1.50 bits per heavy atom. The Labute approximate surface area is 107 Å². The molecule has 2 heterocycles. The third kappa shape index (κ3) is 1.69. The first kappa shape index (κ1) is 10.7. The number of halogens is 1. The molecule has 2 nitrogen and oxygen atoms in total. The monoisotopic (exact) mass is 296 g/mol. The van der Waals surface area contributed by atoms with Crippen LogP contribution in [0.3, 0.4) is 0 Å². The molecule has 16 heavy (non-hydrogen) atoms. The van der Waals surface area contributed by atoms with E-state index in [2.05, 4.69) is 46.4 Å². The summed E-state index contributed by atoms with van der Waals surface area (Å²) in [6.07, 6.45) is 2.43. The van der Waals surface area contributed by atoms with Crippen LogP contribution in [0.25, 0.3) is 10.2 Å². The van der Waals surface area contributed by atoms with Gasteiger partial charge in [0.05, 0.1) is 15.8 Å². The Kier molecular flexibility index (Phi) is 2.53. The first-order chi connectivity index (χ1) is 7.67. The normalized spacial score (nSPS) is 25.4. The molecule has 3 rings (SSSR count). The van der Waals surface area contributed by atoms with E-state index >= 15 is 0 Å². The van der Waals surface area contributed by atoms with Crippen molar-refractivity contribution in [2.45, 2.75) is 25.3 Å². The number of fused-ring (bicyclic) bond motifs is 1. The van der Waals surface area contributed by atoms with E-state index in [0.717, 1.165) is 16.5 Å². The Morgan fingerprint density at radius 2 is 2.38 bits per heavy atom. The molecule has 0 saturated carbocycles. The summed E-state index contributed by atoms with van der Waals surface area (Å²) in [4.78, 5) is 4.75. The zero-order chi connectivity index (χ0) is 11.2. The summed E-state index contributed by atoms with van der Waals surface area (Å²) in [5, 5.41) is 4.78. The highest BCUT2D eigenvalue weighted by molar-refractivity contribution is 9.10. The molecule has 1 aliphatic heterocycles. The minimum atomic E-state index is 0.0934. The van der Waals surface area contributed by atoms with Crippen LogP contribution >= 0.6 is 27.3 Å². The van der Waals surface area contributed by atoms with E-state index in [-0.39, 0.29) is 5.54 Å². The smallest absolute Gasteiger partial charge is 0.114 e. The molecule has 0 aliphatic carbocycles. The molecule has 0 spiro atoms. The van der Waals surface area contributed by atoms with E-state index in [0.29, 0.717) is 0 Å². The molecule has 0 radical (unpaired) electrons. The highest BCUT2D eigenvalue weighted by Crippen LogP contribution is 2.36. The van der Waals surface area contributed by atoms with Crippen molar-refractivity contribution in [2.24, 2.45) is 0 Å². The lowest BCUT2D eigenvalue weighted by Crippen LogP contribution is -2.32. The maximum atomic E-state index is 4.75. The second-order valence-corrected chi connectivity index (χ2v) is 6.44. The minimum absolute atomic E-state index is 0.0934. The average molecular weight is 297 g/mol. The zero-order valence-electron chi connectivity index (χ0n) is 9.09. The molecule has 1 fully saturated rings. The molecule has 1 N–H and O–H groups in total. The summed E-state index contributed by atoms with van der Waals surface area (Å²) in [6.45, 7) is 3.36. The number of aromatic nitrogens is 1. The number of rotatable bonds is 1. The highest BCUT2D eigenvalue weighted by Gasteiger charge is 2.33. The van der Waals surface area contributed by atoms with Crippen LogP contribution in [0.4, 0.5) is 0 Å². The highest BCUT2D eigenvalue weighted by atomic mass is 79.9. The number of nitrogens with zero attached hydrogens (tertiary/aromatic N) is 1. The van der Waals surface area contributed by atoms with Gasteiger partial charge in [-0.3, -0.25) is 0 Å². The van der Waals surface area contributed by atoms with Crippen molar-refractivity contribution in [3.63, 3.8) is 0 Å². The van der Waals surface area contributed by atoms with Gasteiger partial charge in [-0.1, -0.05) is 15.9 Å². The largest absolute Gasteiger partial charge is 0.306 e. The lowest BCUT2D eigenvalue weighted by Gasteiger charge is -2.20. The summed E-state index contributed by atoms with van der Waals surface area (Å²) in [5.74, 6) is 0. The van der Waals surface area contributed by atoms with Crippen LogP contribution in [0.2, 0.25) is 0 Å². The molecule has 1 aromatic carbocycles. The second kappa shape index (κ2) is 3.79. The molecule has 0 bridgehead atoms. The van der Waals surface area contributed by atoms with E-state index < -0.39 is 0 Å². The molecule has 1 saturated heterocycles. The van der Waals surface area contributed by atoms with Crippen molar-refractivity contribution in [1.82, 2.24) is 10.3 Å². The van der Waals surface area contributed by atoms with Crippen molar-refractivity contribution in [3.05, 3.63) is 27.7 Å². The van der Waals surface area contributed by atoms with Gasteiger partial charge >= 0.3 is 0 Å². The first-order valence-corrected chi connectivity index (χ1v) is 7.10. The van der Waals surface area contributed by atoms with Crippen molar-refractivity contribution >= 4 is 37.5 Å². The second-order valence-electron chi connectivity index (χ2n) is 4.49.